The molecule has 7 heteroatoms. The molecule has 20 heavy (non-hydrogen) atoms. The third kappa shape index (κ3) is 2.51. The van der Waals surface area contributed by atoms with E-state index >= 15 is 0 Å². The van der Waals surface area contributed by atoms with Crippen molar-refractivity contribution >= 4 is 11.6 Å². The molecule has 2 heterocycles. The largest absolute Gasteiger partial charge is 0.322 e. The van der Waals surface area contributed by atoms with Crippen molar-refractivity contribution in [3.8, 4) is 5.69 Å². The molecule has 0 saturated carbocycles. The summed E-state index contributed by atoms with van der Waals surface area (Å²) in [6, 6.07) is 10.4. The summed E-state index contributed by atoms with van der Waals surface area (Å²) in [5.74, 6) is -0.181. The van der Waals surface area contributed by atoms with Crippen LogP contribution in [0.3, 0.4) is 0 Å². The van der Waals surface area contributed by atoms with Crippen LogP contribution in [0.25, 0.3) is 5.69 Å². The molecule has 0 saturated heterocycles. The third-order valence-electron chi connectivity index (χ3n) is 2.68. The summed E-state index contributed by atoms with van der Waals surface area (Å²) < 4.78 is 1.52. The Balaban J connectivity index is 1.76. The smallest absolute Gasteiger partial charge is 0.255 e. The highest BCUT2D eigenvalue weighted by atomic mass is 16.1. The van der Waals surface area contributed by atoms with Gasteiger partial charge in [-0.2, -0.15) is 0 Å². The Bertz CT molecular complexity index is 693. The second kappa shape index (κ2) is 5.27. The van der Waals surface area contributed by atoms with Crippen LogP contribution in [0.1, 0.15) is 10.4 Å². The summed E-state index contributed by atoms with van der Waals surface area (Å²) in [5, 5.41) is 13.7. The molecule has 3 aromatic rings. The normalized spacial score (nSPS) is 10.2. The monoisotopic (exact) mass is 266 g/mol. The Kier molecular flexibility index (Phi) is 3.15. The number of nitrogens with one attached hydrogen (secondary N) is 1. The minimum absolute atomic E-state index is 0.181. The highest BCUT2D eigenvalue weighted by molar-refractivity contribution is 6.04. The number of tetrazole rings is 1. The van der Waals surface area contributed by atoms with Crippen LogP contribution in [0.4, 0.5) is 5.69 Å². The van der Waals surface area contributed by atoms with E-state index in [9.17, 15) is 4.79 Å². The standard InChI is InChI=1S/C13H10N6O/c20-13(16-11-5-7-14-8-6-11)10-1-3-12(4-2-10)19-9-15-17-18-19/h1-9H,(H,14,16,20). The van der Waals surface area contributed by atoms with Gasteiger partial charge >= 0.3 is 0 Å². The molecule has 0 aliphatic rings. The Morgan fingerprint density at radius 2 is 1.80 bits per heavy atom. The summed E-state index contributed by atoms with van der Waals surface area (Å²) >= 11 is 0. The number of carbonyl (C=O) groups is 1. The van der Waals surface area contributed by atoms with Gasteiger partial charge in [0.2, 0.25) is 0 Å². The van der Waals surface area contributed by atoms with E-state index in [0.717, 1.165) is 5.69 Å². The van der Waals surface area contributed by atoms with Gasteiger partial charge in [0.05, 0.1) is 5.69 Å². The first kappa shape index (κ1) is 12.0. The van der Waals surface area contributed by atoms with Crippen molar-refractivity contribution in [3.05, 3.63) is 60.7 Å². The van der Waals surface area contributed by atoms with E-state index < -0.39 is 0 Å². The van der Waals surface area contributed by atoms with Gasteiger partial charge < -0.3 is 5.32 Å². The maximum Gasteiger partial charge on any atom is 0.255 e. The molecular formula is C13H10N6O. The molecule has 0 aliphatic heterocycles. The van der Waals surface area contributed by atoms with Gasteiger partial charge in [0.1, 0.15) is 6.33 Å². The first-order chi connectivity index (χ1) is 9.83. The summed E-state index contributed by atoms with van der Waals surface area (Å²) in [5.41, 5.74) is 2.05. The van der Waals surface area contributed by atoms with Gasteiger partial charge in [-0.05, 0) is 46.8 Å². The number of nitrogens with zero attached hydrogens (tertiary/aromatic N) is 5. The molecule has 1 amide bonds. The maximum absolute atomic E-state index is 12.0. The molecule has 1 N–H and O–H groups in total. The van der Waals surface area contributed by atoms with E-state index in [0.29, 0.717) is 11.3 Å². The third-order valence-corrected chi connectivity index (χ3v) is 2.68. The Hall–Kier alpha value is -3.09. The number of anilines is 1. The molecule has 0 aliphatic carbocycles. The summed E-state index contributed by atoms with van der Waals surface area (Å²) in [4.78, 5) is 15.9. The molecule has 1 aromatic carbocycles. The van der Waals surface area contributed by atoms with Gasteiger partial charge in [-0.1, -0.05) is 0 Å². The maximum atomic E-state index is 12.0. The van der Waals surface area contributed by atoms with Gasteiger partial charge in [-0.25, -0.2) is 4.68 Å². The van der Waals surface area contributed by atoms with Crippen molar-refractivity contribution in [1.29, 1.82) is 0 Å². The number of carbonyl (C=O) groups excluding carboxylic acids is 1. The van der Waals surface area contributed by atoms with Crippen molar-refractivity contribution in [2.75, 3.05) is 5.32 Å². The molecule has 0 unspecified atom stereocenters. The van der Waals surface area contributed by atoms with Crippen molar-refractivity contribution in [1.82, 2.24) is 25.2 Å². The molecule has 3 rings (SSSR count). The lowest BCUT2D eigenvalue weighted by Crippen LogP contribution is -2.11. The van der Waals surface area contributed by atoms with Crippen LogP contribution in [-0.4, -0.2) is 31.1 Å². The number of hydrogen-bond acceptors (Lipinski definition) is 5. The first-order valence-corrected chi connectivity index (χ1v) is 5.88. The van der Waals surface area contributed by atoms with Crippen LogP contribution in [-0.2, 0) is 0 Å². The predicted octanol–water partition coefficient (Wildman–Crippen LogP) is 1.31. The van der Waals surface area contributed by atoms with Crippen molar-refractivity contribution < 1.29 is 4.79 Å². The molecule has 0 spiro atoms. The highest BCUT2D eigenvalue weighted by Crippen LogP contribution is 2.10. The van der Waals surface area contributed by atoms with E-state index in [1.807, 2.05) is 0 Å². The number of amides is 1. The van der Waals surface area contributed by atoms with Crippen molar-refractivity contribution in [3.63, 3.8) is 0 Å². The van der Waals surface area contributed by atoms with E-state index in [1.165, 1.54) is 11.0 Å². The van der Waals surface area contributed by atoms with E-state index in [4.69, 9.17) is 0 Å². The Morgan fingerprint density at radius 3 is 2.45 bits per heavy atom. The number of benzene rings is 1. The highest BCUT2D eigenvalue weighted by Gasteiger charge is 2.06. The van der Waals surface area contributed by atoms with Gasteiger partial charge in [-0.3, -0.25) is 9.78 Å². The van der Waals surface area contributed by atoms with Gasteiger partial charge in [0, 0.05) is 23.6 Å². The van der Waals surface area contributed by atoms with E-state index in [-0.39, 0.29) is 5.91 Å². The molecule has 0 fully saturated rings. The number of pyridine rings is 1. The van der Waals surface area contributed by atoms with Crippen LogP contribution in [0.15, 0.2) is 55.1 Å². The molecule has 98 valence electrons. The molecule has 0 bridgehead atoms. The number of hydrogen-bond donors (Lipinski definition) is 1. The average Bonchev–Trinajstić information content (AvgIpc) is 3.03. The summed E-state index contributed by atoms with van der Waals surface area (Å²) in [7, 11) is 0. The zero-order valence-electron chi connectivity index (χ0n) is 10.3. The van der Waals surface area contributed by atoms with Crippen LogP contribution < -0.4 is 5.32 Å². The quantitative estimate of drug-likeness (QED) is 0.772. The zero-order valence-corrected chi connectivity index (χ0v) is 10.3. The molecule has 0 radical (unpaired) electrons. The number of rotatable bonds is 3. The molecule has 2 aromatic heterocycles. The number of aromatic nitrogens is 5. The van der Waals surface area contributed by atoms with Gasteiger partial charge in [0.25, 0.3) is 5.91 Å². The zero-order chi connectivity index (χ0) is 13.8. The van der Waals surface area contributed by atoms with Gasteiger partial charge in [-0.15, -0.1) is 5.10 Å². The lowest BCUT2D eigenvalue weighted by molar-refractivity contribution is 0.102. The lowest BCUT2D eigenvalue weighted by Gasteiger charge is -2.05. The fourth-order valence-electron chi connectivity index (χ4n) is 1.68. The second-order valence-electron chi connectivity index (χ2n) is 3.99. The minimum atomic E-state index is -0.181. The van der Waals surface area contributed by atoms with E-state index in [2.05, 4.69) is 25.8 Å². The fourth-order valence-corrected chi connectivity index (χ4v) is 1.68. The SMILES string of the molecule is O=C(Nc1ccncc1)c1ccc(-n2cnnn2)cc1. The Morgan fingerprint density at radius 1 is 1.05 bits per heavy atom. The van der Waals surface area contributed by atoms with E-state index in [1.54, 1.807) is 48.8 Å². The molecule has 7 nitrogen and oxygen atoms in total. The average molecular weight is 266 g/mol. The lowest BCUT2D eigenvalue weighted by atomic mass is 10.2. The van der Waals surface area contributed by atoms with Crippen molar-refractivity contribution in [2.24, 2.45) is 0 Å². The summed E-state index contributed by atoms with van der Waals surface area (Å²) in [6.45, 7) is 0. The van der Waals surface area contributed by atoms with Crippen LogP contribution in [0, 0.1) is 0 Å². The minimum Gasteiger partial charge on any atom is -0.322 e. The topological polar surface area (TPSA) is 85.6 Å². The predicted molar refractivity (Wildman–Crippen MR) is 71.3 cm³/mol. The Labute approximate surface area is 114 Å². The van der Waals surface area contributed by atoms with Crippen LogP contribution >= 0.6 is 0 Å². The summed E-state index contributed by atoms with van der Waals surface area (Å²) in [6.07, 6.45) is 4.74. The van der Waals surface area contributed by atoms with Crippen LogP contribution in [0.5, 0.6) is 0 Å². The molecule has 0 atom stereocenters. The van der Waals surface area contributed by atoms with Crippen molar-refractivity contribution in [2.45, 2.75) is 0 Å². The molecular weight excluding hydrogens is 256 g/mol. The second-order valence-corrected chi connectivity index (χ2v) is 3.99. The van der Waals surface area contributed by atoms with Crippen LogP contribution in [0.2, 0.25) is 0 Å². The first-order valence-electron chi connectivity index (χ1n) is 5.88. The van der Waals surface area contributed by atoms with Gasteiger partial charge in [0.15, 0.2) is 0 Å². The fraction of sp³-hybridized carbons (Fsp3) is 0.